The molecule has 0 spiro atoms. The molecule has 0 amide bonds. The number of anilines is 1. The van der Waals surface area contributed by atoms with Crippen molar-refractivity contribution >= 4 is 61.2 Å². The summed E-state index contributed by atoms with van der Waals surface area (Å²) in [5.41, 5.74) is 2.21. The summed E-state index contributed by atoms with van der Waals surface area (Å²) < 4.78 is 104. The Kier molecular flexibility index (Phi) is 15.2. The number of hydrogen-bond acceptors (Lipinski definition) is 12. The summed E-state index contributed by atoms with van der Waals surface area (Å²) in [5, 5.41) is 17.8. The summed E-state index contributed by atoms with van der Waals surface area (Å²) in [6, 6.07) is 11.1. The van der Waals surface area contributed by atoms with Crippen molar-refractivity contribution in [3.8, 4) is 16.6 Å². The van der Waals surface area contributed by atoms with Gasteiger partial charge in [0.15, 0.2) is 0 Å². The number of carboxylic acids is 2. The van der Waals surface area contributed by atoms with Gasteiger partial charge in [-0.1, -0.05) is 18.2 Å². The van der Waals surface area contributed by atoms with E-state index < -0.39 is 34.3 Å². The number of carbonyl (C=O) groups is 2. The van der Waals surface area contributed by atoms with Gasteiger partial charge in [-0.05, 0) is 43.3 Å². The molecule has 5 aromatic rings. The van der Waals surface area contributed by atoms with Crippen LogP contribution in [0.1, 0.15) is 24.6 Å². The lowest BCUT2D eigenvalue weighted by molar-refractivity contribution is -0.193. The van der Waals surface area contributed by atoms with Gasteiger partial charge >= 0.3 is 24.3 Å². The van der Waals surface area contributed by atoms with Gasteiger partial charge in [0, 0.05) is 55.1 Å². The average molecular weight is 853 g/mol. The molecule has 0 radical (unpaired) electrons. The minimum atomic E-state index is -5.08. The molecule has 0 aliphatic carbocycles. The highest BCUT2D eigenvalue weighted by atomic mass is 32.2. The quantitative estimate of drug-likeness (QED) is 0.0894. The van der Waals surface area contributed by atoms with Gasteiger partial charge in [0.2, 0.25) is 5.88 Å². The van der Waals surface area contributed by atoms with Crippen LogP contribution < -0.4 is 9.04 Å². The largest absolute Gasteiger partial charge is 0.490 e. The molecule has 14 nitrogen and oxygen atoms in total. The van der Waals surface area contributed by atoms with Crippen LogP contribution >= 0.6 is 22.7 Å². The summed E-state index contributed by atoms with van der Waals surface area (Å²) in [5.74, 6) is -4.94. The van der Waals surface area contributed by atoms with E-state index in [1.165, 1.54) is 20.5 Å². The SMILES string of the molecule is CCOCCN(c1cccc2cc(-c3ncc(CN4CCC(Oc5cnccn5)CC4)s3)[nH]c12)S(=O)(=O)c1cccs1.O=C(O)C(F)(F)F.O=C(O)C(F)(F)F. The Hall–Kier alpha value is -4.84. The highest BCUT2D eigenvalue weighted by molar-refractivity contribution is 7.94. The van der Waals surface area contributed by atoms with Gasteiger partial charge in [0.1, 0.15) is 15.3 Å². The fourth-order valence-corrected chi connectivity index (χ4v) is 8.56. The second-order valence-corrected chi connectivity index (χ2v) is 15.7. The molecule has 1 aliphatic rings. The van der Waals surface area contributed by atoms with Crippen LogP contribution in [-0.4, -0.2) is 107 Å². The number of fused-ring (bicyclic) bond motifs is 1. The lowest BCUT2D eigenvalue weighted by atomic mass is 10.1. The number of aromatic nitrogens is 4. The van der Waals surface area contributed by atoms with Crippen molar-refractivity contribution in [3.05, 3.63) is 71.4 Å². The molecule has 0 atom stereocenters. The van der Waals surface area contributed by atoms with Gasteiger partial charge in [-0.25, -0.2) is 28.0 Å². The summed E-state index contributed by atoms with van der Waals surface area (Å²) in [6.07, 6.45) is -1.28. The van der Waals surface area contributed by atoms with Crippen molar-refractivity contribution in [3.63, 3.8) is 0 Å². The van der Waals surface area contributed by atoms with Crippen LogP contribution in [0, 0.1) is 0 Å². The normalized spacial score (nSPS) is 14.0. The molecule has 5 heterocycles. The first kappa shape index (κ1) is 43.9. The number of hydrogen-bond donors (Lipinski definition) is 3. The van der Waals surface area contributed by atoms with Crippen LogP contribution in [0.4, 0.5) is 32.0 Å². The van der Waals surface area contributed by atoms with E-state index in [0.29, 0.717) is 29.0 Å². The van der Waals surface area contributed by atoms with E-state index in [9.17, 15) is 34.8 Å². The molecular formula is C33H34F6N6O8S3. The van der Waals surface area contributed by atoms with E-state index in [1.807, 2.05) is 37.4 Å². The highest BCUT2D eigenvalue weighted by Gasteiger charge is 2.39. The Labute approximate surface area is 323 Å². The van der Waals surface area contributed by atoms with Crippen molar-refractivity contribution in [2.24, 2.45) is 0 Å². The smallest absolute Gasteiger partial charge is 0.475 e. The lowest BCUT2D eigenvalue weighted by Gasteiger charge is -2.31. The molecule has 1 fully saturated rings. The van der Waals surface area contributed by atoms with E-state index in [4.69, 9.17) is 34.3 Å². The molecule has 1 aromatic carbocycles. The number of para-hydroxylation sites is 1. The van der Waals surface area contributed by atoms with Crippen molar-refractivity contribution in [2.75, 3.05) is 37.2 Å². The summed E-state index contributed by atoms with van der Waals surface area (Å²) >= 11 is 2.86. The van der Waals surface area contributed by atoms with Gasteiger partial charge in [-0.2, -0.15) is 26.3 Å². The van der Waals surface area contributed by atoms with Crippen molar-refractivity contribution in [1.82, 2.24) is 24.8 Å². The number of sulfonamides is 1. The first-order valence-corrected chi connectivity index (χ1v) is 19.5. The fourth-order valence-electron chi connectivity index (χ4n) is 5.07. The number of thiophene rings is 1. The van der Waals surface area contributed by atoms with Crippen molar-refractivity contribution in [2.45, 2.75) is 49.0 Å². The monoisotopic (exact) mass is 852 g/mol. The number of H-pyrrole nitrogens is 1. The van der Waals surface area contributed by atoms with Crippen LogP contribution in [0.5, 0.6) is 5.88 Å². The maximum atomic E-state index is 13.7. The maximum absolute atomic E-state index is 13.7. The van der Waals surface area contributed by atoms with Crippen LogP contribution in [0.25, 0.3) is 21.6 Å². The number of alkyl halides is 6. The number of nitrogens with zero attached hydrogens (tertiary/aromatic N) is 5. The summed E-state index contributed by atoms with van der Waals surface area (Å²) in [4.78, 5) is 37.9. The number of ether oxygens (including phenoxy) is 2. The number of rotatable bonds is 12. The Morgan fingerprint density at radius 3 is 2.25 bits per heavy atom. The van der Waals surface area contributed by atoms with Gasteiger partial charge in [0.05, 0.1) is 36.2 Å². The van der Waals surface area contributed by atoms with Crippen molar-refractivity contribution in [1.29, 1.82) is 0 Å². The van der Waals surface area contributed by atoms with E-state index in [-0.39, 0.29) is 12.6 Å². The molecule has 0 bridgehead atoms. The number of thiazole rings is 1. The molecule has 1 saturated heterocycles. The summed E-state index contributed by atoms with van der Waals surface area (Å²) in [6.45, 7) is 5.62. The van der Waals surface area contributed by atoms with E-state index in [0.717, 1.165) is 54.1 Å². The van der Waals surface area contributed by atoms with E-state index in [2.05, 4.69) is 19.9 Å². The molecule has 3 N–H and O–H groups in total. The Balaban J connectivity index is 0.000000425. The zero-order chi connectivity index (χ0) is 41.1. The lowest BCUT2D eigenvalue weighted by Crippen LogP contribution is -2.37. The van der Waals surface area contributed by atoms with Crippen LogP contribution in [0.3, 0.4) is 0 Å². The number of benzene rings is 1. The van der Waals surface area contributed by atoms with Crippen LogP contribution in [-0.2, 0) is 30.9 Å². The first-order valence-electron chi connectivity index (χ1n) is 16.4. The molecule has 304 valence electrons. The number of nitrogens with one attached hydrogen (secondary N) is 1. The highest BCUT2D eigenvalue weighted by Crippen LogP contribution is 2.36. The number of aromatic amines is 1. The maximum Gasteiger partial charge on any atom is 0.490 e. The Bertz CT molecular complexity index is 2100. The number of carboxylic acid groups (broad SMARTS) is 2. The van der Waals surface area contributed by atoms with E-state index in [1.54, 1.807) is 47.4 Å². The third-order valence-electron chi connectivity index (χ3n) is 7.60. The molecular weight excluding hydrogens is 819 g/mol. The van der Waals surface area contributed by atoms with Gasteiger partial charge in [0.25, 0.3) is 10.0 Å². The number of halogens is 6. The topological polar surface area (TPSA) is 188 Å². The Morgan fingerprint density at radius 1 is 1.00 bits per heavy atom. The minimum Gasteiger partial charge on any atom is -0.475 e. The second-order valence-electron chi connectivity index (χ2n) is 11.5. The zero-order valence-corrected chi connectivity index (χ0v) is 31.6. The minimum absolute atomic E-state index is 0.146. The average Bonchev–Trinajstić information content (AvgIpc) is 3.93. The molecule has 1 aliphatic heterocycles. The molecule has 6 rings (SSSR count). The van der Waals surface area contributed by atoms with Crippen molar-refractivity contribution < 1.29 is 64.0 Å². The molecule has 56 heavy (non-hydrogen) atoms. The van der Waals surface area contributed by atoms with Crippen LogP contribution in [0.15, 0.2) is 70.8 Å². The third-order valence-corrected chi connectivity index (χ3v) is 11.8. The second kappa shape index (κ2) is 19.3. The summed E-state index contributed by atoms with van der Waals surface area (Å²) in [7, 11) is -3.75. The molecule has 4 aromatic heterocycles. The standard InChI is InChI=1S/C29H32N6O4S3.2C2HF3O2/c1-2-38-15-14-35(42(36,37)27-7-4-16-40-27)25-6-3-5-21-17-24(33-28(21)25)29-32-18-23(41-29)20-34-12-8-22(9-13-34)39-26-19-30-10-11-31-26;2*3-2(4,5)1(6)7/h3-7,10-11,16-19,22,33H,2,8-9,12-15,20H2,1H3;2*(H,6,7). The number of piperidine rings is 1. The first-order chi connectivity index (χ1) is 26.4. The number of likely N-dealkylation sites (tertiary alicyclic amines) is 1. The van der Waals surface area contributed by atoms with Crippen LogP contribution in [0.2, 0.25) is 0 Å². The Morgan fingerprint density at radius 2 is 1.68 bits per heavy atom. The van der Waals surface area contributed by atoms with E-state index >= 15 is 0 Å². The molecule has 23 heteroatoms. The fraction of sp³-hybridized carbons (Fsp3) is 0.364. The molecule has 0 unspecified atom stereocenters. The van der Waals surface area contributed by atoms with Gasteiger partial charge in [-0.15, -0.1) is 22.7 Å². The predicted octanol–water partition coefficient (Wildman–Crippen LogP) is 6.68. The van der Waals surface area contributed by atoms with Gasteiger partial charge < -0.3 is 24.7 Å². The van der Waals surface area contributed by atoms with Gasteiger partial charge in [-0.3, -0.25) is 14.2 Å². The third kappa shape index (κ3) is 12.3. The molecule has 0 saturated carbocycles. The predicted molar refractivity (Wildman–Crippen MR) is 193 cm³/mol. The zero-order valence-electron chi connectivity index (χ0n) is 29.2. The number of aliphatic carboxylic acids is 2.